The summed E-state index contributed by atoms with van der Waals surface area (Å²) in [6.45, 7) is 0.464. The van der Waals surface area contributed by atoms with E-state index in [4.69, 9.17) is 34.8 Å². The Hall–Kier alpha value is -1.61. The first kappa shape index (κ1) is 22.8. The Kier molecular flexibility index (Phi) is 5.52. The number of amides is 1. The van der Waals surface area contributed by atoms with Crippen LogP contribution >= 0.6 is 50.7 Å². The second-order valence-electron chi connectivity index (χ2n) is 10.1. The van der Waals surface area contributed by atoms with Crippen molar-refractivity contribution in [3.8, 4) is 0 Å². The zero-order valence-corrected chi connectivity index (χ0v) is 22.0. The molecule has 7 rings (SSSR count). The van der Waals surface area contributed by atoms with Gasteiger partial charge in [-0.1, -0.05) is 40.9 Å². The summed E-state index contributed by atoms with van der Waals surface area (Å²) in [5, 5.41) is 13.6. The molecule has 4 aliphatic rings. The molecule has 4 saturated carbocycles. The van der Waals surface area contributed by atoms with Crippen molar-refractivity contribution in [2.24, 2.45) is 17.3 Å². The van der Waals surface area contributed by atoms with Gasteiger partial charge in [0, 0.05) is 6.20 Å². The van der Waals surface area contributed by atoms with Gasteiger partial charge in [-0.05, 0) is 84.0 Å². The highest BCUT2D eigenvalue weighted by Gasteiger charge is 2.61. The zero-order valence-electron chi connectivity index (χ0n) is 18.1. The average molecular weight is 585 g/mol. The molecule has 4 fully saturated rings. The summed E-state index contributed by atoms with van der Waals surface area (Å²) >= 11 is 22.0. The van der Waals surface area contributed by atoms with Gasteiger partial charge in [0.25, 0.3) is 0 Å². The summed E-state index contributed by atoms with van der Waals surface area (Å²) in [5.74, 6) is 1.42. The number of anilines is 1. The fourth-order valence-corrected chi connectivity index (χ4v) is 7.63. The first-order valence-corrected chi connectivity index (χ1v) is 13.2. The van der Waals surface area contributed by atoms with Crippen LogP contribution in [0.4, 0.5) is 5.82 Å². The lowest BCUT2D eigenvalue weighted by molar-refractivity contribution is -0.150. The Morgan fingerprint density at radius 1 is 1.09 bits per heavy atom. The molecule has 2 heterocycles. The highest BCUT2D eigenvalue weighted by atomic mass is 79.9. The molecule has 34 heavy (non-hydrogen) atoms. The van der Waals surface area contributed by atoms with Crippen molar-refractivity contribution in [3.63, 3.8) is 0 Å². The summed E-state index contributed by atoms with van der Waals surface area (Å²) in [6.07, 6.45) is 9.35. The van der Waals surface area contributed by atoms with E-state index in [1.807, 2.05) is 10.7 Å². The number of hydrogen-bond donors (Lipinski definition) is 1. The van der Waals surface area contributed by atoms with Crippen molar-refractivity contribution in [1.29, 1.82) is 0 Å². The molecule has 1 amide bonds. The van der Waals surface area contributed by atoms with Crippen LogP contribution in [-0.4, -0.2) is 30.5 Å². The maximum absolute atomic E-state index is 13.7. The Balaban J connectivity index is 1.23. The van der Waals surface area contributed by atoms with E-state index in [2.05, 4.69) is 36.4 Å². The number of halogens is 4. The molecule has 2 unspecified atom stereocenters. The first-order chi connectivity index (χ1) is 16.2. The third-order valence-electron chi connectivity index (χ3n) is 7.74. The van der Waals surface area contributed by atoms with Gasteiger partial charge in [-0.2, -0.15) is 5.10 Å². The smallest absolute Gasteiger partial charge is 0.231 e. The van der Waals surface area contributed by atoms with Crippen molar-refractivity contribution in [3.05, 3.63) is 56.1 Å². The predicted molar refractivity (Wildman–Crippen MR) is 134 cm³/mol. The number of carbonyl (C=O) groups is 1. The number of nitrogens with one attached hydrogen (secondary N) is 1. The van der Waals surface area contributed by atoms with Crippen molar-refractivity contribution >= 4 is 62.5 Å². The molecule has 1 aromatic carbocycles. The van der Waals surface area contributed by atoms with Crippen LogP contribution in [0.2, 0.25) is 15.1 Å². The lowest BCUT2D eigenvalue weighted by Gasteiger charge is -2.60. The highest BCUT2D eigenvalue weighted by Crippen LogP contribution is 2.64. The van der Waals surface area contributed by atoms with Gasteiger partial charge in [0.05, 0.1) is 27.5 Å². The van der Waals surface area contributed by atoms with Gasteiger partial charge in [0.2, 0.25) is 10.6 Å². The van der Waals surface area contributed by atoms with Gasteiger partial charge < -0.3 is 5.32 Å². The van der Waals surface area contributed by atoms with Gasteiger partial charge in [-0.15, -0.1) is 5.10 Å². The lowest BCUT2D eigenvalue weighted by atomic mass is 9.46. The van der Waals surface area contributed by atoms with Gasteiger partial charge >= 0.3 is 0 Å². The molecule has 2 atom stereocenters. The third kappa shape index (κ3) is 3.87. The van der Waals surface area contributed by atoms with E-state index in [1.165, 1.54) is 6.42 Å². The molecule has 0 radical (unpaired) electrons. The highest BCUT2D eigenvalue weighted by molar-refractivity contribution is 9.10. The summed E-state index contributed by atoms with van der Waals surface area (Å²) in [7, 11) is 0. The largest absolute Gasteiger partial charge is 0.307 e. The normalized spacial score (nSPS) is 29.5. The molecule has 3 aromatic rings. The molecule has 7 nitrogen and oxygen atoms in total. The van der Waals surface area contributed by atoms with Crippen molar-refractivity contribution in [2.75, 3.05) is 5.32 Å². The van der Waals surface area contributed by atoms with Gasteiger partial charge in [0.1, 0.15) is 11.3 Å². The summed E-state index contributed by atoms with van der Waals surface area (Å²) < 4.78 is 4.28. The molecule has 4 bridgehead atoms. The summed E-state index contributed by atoms with van der Waals surface area (Å²) in [6, 6.07) is 5.44. The second kappa shape index (κ2) is 8.22. The predicted octanol–water partition coefficient (Wildman–Crippen LogP) is 6.18. The van der Waals surface area contributed by atoms with Crippen LogP contribution in [0, 0.1) is 17.3 Å². The number of nitrogens with zero attached hydrogens (tertiary/aromatic N) is 5. The zero-order chi connectivity index (χ0) is 23.7. The summed E-state index contributed by atoms with van der Waals surface area (Å²) in [4.78, 5) is 18.0. The van der Waals surface area contributed by atoms with E-state index >= 15 is 0 Å². The Labute approximate surface area is 220 Å². The van der Waals surface area contributed by atoms with Crippen molar-refractivity contribution in [2.45, 2.75) is 50.6 Å². The topological polar surface area (TPSA) is 77.6 Å². The Bertz CT molecular complexity index is 1280. The molecule has 1 N–H and O–H groups in total. The van der Waals surface area contributed by atoms with E-state index < -0.39 is 5.41 Å². The van der Waals surface area contributed by atoms with E-state index in [9.17, 15) is 4.79 Å². The number of carbonyl (C=O) groups excluding carboxylic acids is 1. The van der Waals surface area contributed by atoms with Crippen LogP contribution in [0.25, 0.3) is 0 Å². The number of rotatable bonds is 5. The molecule has 11 heteroatoms. The SMILES string of the molecule is O=C(Nc1nn(Cc2ccc(Cl)c(Cl)c2)cc1Cl)C12CC3CC(C1)CC(n1cnc(Br)n1)(C3)C2. The molecule has 0 saturated heterocycles. The van der Waals surface area contributed by atoms with Crippen LogP contribution in [0.15, 0.2) is 35.5 Å². The minimum atomic E-state index is -0.445. The molecule has 0 spiro atoms. The minimum Gasteiger partial charge on any atom is -0.307 e. The quantitative estimate of drug-likeness (QED) is 0.389. The molecule has 4 aliphatic carbocycles. The fourth-order valence-electron chi connectivity index (χ4n) is 6.85. The number of hydrogen-bond acceptors (Lipinski definition) is 4. The van der Waals surface area contributed by atoms with E-state index in [0.717, 1.165) is 37.7 Å². The summed E-state index contributed by atoms with van der Waals surface area (Å²) in [5.41, 5.74) is 0.338. The lowest BCUT2D eigenvalue weighted by Crippen LogP contribution is -2.60. The van der Waals surface area contributed by atoms with E-state index in [-0.39, 0.29) is 11.4 Å². The number of benzene rings is 1. The van der Waals surface area contributed by atoms with Crippen LogP contribution in [0.3, 0.4) is 0 Å². The van der Waals surface area contributed by atoms with E-state index in [1.54, 1.807) is 29.3 Å². The van der Waals surface area contributed by atoms with Crippen LogP contribution in [0.1, 0.15) is 44.1 Å². The monoisotopic (exact) mass is 582 g/mol. The van der Waals surface area contributed by atoms with Crippen LogP contribution in [-0.2, 0) is 16.9 Å². The maximum Gasteiger partial charge on any atom is 0.231 e. The second-order valence-corrected chi connectivity index (χ2v) is 12.1. The molecule has 2 aromatic heterocycles. The standard InChI is InChI=1S/C23H22BrCl3N6O/c24-21-28-12-33(31-21)23-7-14-3-15(8-23)6-22(5-14,11-23)20(34)29-19-18(27)10-32(30-19)9-13-1-2-16(25)17(26)4-13/h1-2,4,10,12,14-15H,3,5-9,11H2,(H,29,30,34). The molecular formula is C23H22BrCl3N6O. The van der Waals surface area contributed by atoms with Gasteiger partial charge in [-0.3, -0.25) is 9.48 Å². The van der Waals surface area contributed by atoms with Crippen molar-refractivity contribution < 1.29 is 4.79 Å². The molecule has 178 valence electrons. The third-order valence-corrected chi connectivity index (χ3v) is 9.12. The van der Waals surface area contributed by atoms with Crippen LogP contribution < -0.4 is 5.32 Å². The Morgan fingerprint density at radius 3 is 2.53 bits per heavy atom. The van der Waals surface area contributed by atoms with Gasteiger partial charge in [0.15, 0.2) is 5.82 Å². The minimum absolute atomic E-state index is 0.00634. The molecular weight excluding hydrogens is 563 g/mol. The molecule has 0 aliphatic heterocycles. The number of aromatic nitrogens is 5. The fraction of sp³-hybridized carbons (Fsp3) is 0.478. The van der Waals surface area contributed by atoms with Crippen LogP contribution in [0.5, 0.6) is 0 Å². The Morgan fingerprint density at radius 2 is 1.85 bits per heavy atom. The average Bonchev–Trinajstić information content (AvgIpc) is 3.36. The van der Waals surface area contributed by atoms with Gasteiger partial charge in [-0.25, -0.2) is 9.67 Å². The first-order valence-electron chi connectivity index (χ1n) is 11.3. The maximum atomic E-state index is 13.7. The van der Waals surface area contributed by atoms with Crippen molar-refractivity contribution in [1.82, 2.24) is 24.5 Å². The van der Waals surface area contributed by atoms with E-state index in [0.29, 0.717) is 44.0 Å².